The number of hydrogen-bond acceptors (Lipinski definition) is 6. The smallest absolute Gasteiger partial charge is 0.226 e. The van der Waals surface area contributed by atoms with Gasteiger partial charge in [-0.25, -0.2) is 4.98 Å². The Balaban J connectivity index is 1.53. The van der Waals surface area contributed by atoms with Crippen molar-refractivity contribution >= 4 is 28.2 Å². The van der Waals surface area contributed by atoms with E-state index in [1.165, 1.54) is 11.3 Å². The first-order valence-corrected chi connectivity index (χ1v) is 12.4. The van der Waals surface area contributed by atoms with Gasteiger partial charge in [0.15, 0.2) is 10.9 Å². The summed E-state index contributed by atoms with van der Waals surface area (Å²) in [5.41, 5.74) is 5.45. The molecule has 184 valence electrons. The highest BCUT2D eigenvalue weighted by atomic mass is 32.1. The van der Waals surface area contributed by atoms with Crippen LogP contribution < -0.4 is 14.8 Å². The largest absolute Gasteiger partial charge is 0.497 e. The van der Waals surface area contributed by atoms with E-state index in [0.29, 0.717) is 10.7 Å². The zero-order valence-corrected chi connectivity index (χ0v) is 21.6. The quantitative estimate of drug-likeness (QED) is 0.258. The van der Waals surface area contributed by atoms with Crippen LogP contribution in [0.1, 0.15) is 34.3 Å². The standard InChI is InChI=1S/C29H28N2O4S/c1-18-5-6-22(17-19(18)2)25(32)15-16-26(33)30-29-31-27(20-7-11-23(34-3)12-8-20)28(36-29)21-9-13-24(35-4)14-10-21/h5-14,17H,15-16H2,1-4H3,(H,30,31,33). The lowest BCUT2D eigenvalue weighted by molar-refractivity contribution is -0.116. The van der Waals surface area contributed by atoms with Crippen LogP contribution in [0.25, 0.3) is 21.7 Å². The molecule has 4 rings (SSSR count). The van der Waals surface area contributed by atoms with Crippen LogP contribution >= 0.6 is 11.3 Å². The number of Topliss-reactive ketones (excluding diaryl/α,β-unsaturated/α-hetero) is 1. The molecule has 0 radical (unpaired) electrons. The van der Waals surface area contributed by atoms with Crippen LogP contribution in [0.3, 0.4) is 0 Å². The molecule has 0 spiro atoms. The number of carbonyl (C=O) groups excluding carboxylic acids is 2. The molecule has 6 nitrogen and oxygen atoms in total. The molecule has 0 fully saturated rings. The summed E-state index contributed by atoms with van der Waals surface area (Å²) in [6.07, 6.45) is 0.220. The molecule has 1 heterocycles. The summed E-state index contributed by atoms with van der Waals surface area (Å²) < 4.78 is 10.6. The zero-order valence-electron chi connectivity index (χ0n) is 20.8. The number of aromatic nitrogens is 1. The third-order valence-corrected chi connectivity index (χ3v) is 7.02. The summed E-state index contributed by atoms with van der Waals surface area (Å²) in [5.74, 6) is 1.21. The molecular weight excluding hydrogens is 472 g/mol. The van der Waals surface area contributed by atoms with E-state index >= 15 is 0 Å². The fraction of sp³-hybridized carbons (Fsp3) is 0.207. The summed E-state index contributed by atoms with van der Waals surface area (Å²) in [7, 11) is 3.25. The number of rotatable bonds is 9. The van der Waals surface area contributed by atoms with Crippen molar-refractivity contribution in [2.75, 3.05) is 19.5 Å². The number of methoxy groups -OCH3 is 2. The Kier molecular flexibility index (Phi) is 7.80. The predicted octanol–water partition coefficient (Wildman–Crippen LogP) is 6.71. The molecule has 0 aliphatic heterocycles. The molecule has 1 amide bonds. The van der Waals surface area contributed by atoms with E-state index in [-0.39, 0.29) is 24.5 Å². The minimum Gasteiger partial charge on any atom is -0.497 e. The summed E-state index contributed by atoms with van der Waals surface area (Å²) in [6, 6.07) is 21.0. The predicted molar refractivity (Wildman–Crippen MR) is 144 cm³/mol. The highest BCUT2D eigenvalue weighted by molar-refractivity contribution is 7.19. The molecule has 0 atom stereocenters. The van der Waals surface area contributed by atoms with Crippen molar-refractivity contribution in [1.29, 1.82) is 0 Å². The van der Waals surface area contributed by atoms with Gasteiger partial charge < -0.3 is 14.8 Å². The Labute approximate surface area is 214 Å². The molecule has 36 heavy (non-hydrogen) atoms. The van der Waals surface area contributed by atoms with Gasteiger partial charge in [0, 0.05) is 24.0 Å². The van der Waals surface area contributed by atoms with Crippen LogP contribution in [0.15, 0.2) is 66.7 Å². The number of nitrogens with zero attached hydrogens (tertiary/aromatic N) is 1. The molecule has 0 aliphatic carbocycles. The van der Waals surface area contributed by atoms with Gasteiger partial charge >= 0.3 is 0 Å². The third-order valence-electron chi connectivity index (χ3n) is 6.00. The van der Waals surface area contributed by atoms with Gasteiger partial charge in [0.2, 0.25) is 5.91 Å². The number of benzene rings is 3. The van der Waals surface area contributed by atoms with E-state index in [4.69, 9.17) is 14.5 Å². The Morgan fingerprint density at radius 3 is 2.00 bits per heavy atom. The number of thiazole rings is 1. The minimum absolute atomic E-state index is 0.0507. The molecule has 4 aromatic rings. The Morgan fingerprint density at radius 2 is 1.42 bits per heavy atom. The van der Waals surface area contributed by atoms with Crippen LogP contribution in [0.5, 0.6) is 11.5 Å². The average Bonchev–Trinajstić information content (AvgIpc) is 3.32. The van der Waals surface area contributed by atoms with Crippen LogP contribution in [0.2, 0.25) is 0 Å². The SMILES string of the molecule is COc1ccc(-c2nc(NC(=O)CCC(=O)c3ccc(C)c(C)c3)sc2-c2ccc(OC)cc2)cc1. The topological polar surface area (TPSA) is 77.5 Å². The van der Waals surface area contributed by atoms with E-state index in [0.717, 1.165) is 44.3 Å². The fourth-order valence-electron chi connectivity index (χ4n) is 3.72. The maximum atomic E-state index is 12.7. The number of carbonyl (C=O) groups is 2. The van der Waals surface area contributed by atoms with Gasteiger partial charge in [0.1, 0.15) is 11.5 Å². The van der Waals surface area contributed by atoms with Gasteiger partial charge in [-0.2, -0.15) is 0 Å². The highest BCUT2D eigenvalue weighted by Gasteiger charge is 2.18. The van der Waals surface area contributed by atoms with Gasteiger partial charge in [-0.3, -0.25) is 9.59 Å². The lowest BCUT2D eigenvalue weighted by Crippen LogP contribution is -2.13. The van der Waals surface area contributed by atoms with Crippen LogP contribution in [0.4, 0.5) is 5.13 Å². The van der Waals surface area contributed by atoms with Gasteiger partial charge in [-0.15, -0.1) is 0 Å². The molecule has 1 N–H and O–H groups in total. The molecule has 0 bridgehead atoms. The number of ether oxygens (including phenoxy) is 2. The van der Waals surface area contributed by atoms with Gasteiger partial charge in [-0.1, -0.05) is 23.5 Å². The number of nitrogens with one attached hydrogen (secondary N) is 1. The van der Waals surface area contributed by atoms with Gasteiger partial charge in [0.05, 0.1) is 24.8 Å². The summed E-state index contributed by atoms with van der Waals surface area (Å²) in [6.45, 7) is 3.98. The number of hydrogen-bond donors (Lipinski definition) is 1. The molecule has 1 aromatic heterocycles. The second kappa shape index (κ2) is 11.2. The first-order valence-electron chi connectivity index (χ1n) is 11.6. The number of aryl methyl sites for hydroxylation is 2. The van der Waals surface area contributed by atoms with Crippen molar-refractivity contribution in [3.05, 3.63) is 83.4 Å². The summed E-state index contributed by atoms with van der Waals surface area (Å²) in [5, 5.41) is 3.36. The van der Waals surface area contributed by atoms with Crippen molar-refractivity contribution < 1.29 is 19.1 Å². The molecule has 0 aliphatic rings. The van der Waals surface area contributed by atoms with E-state index in [1.54, 1.807) is 14.2 Å². The van der Waals surface area contributed by atoms with E-state index in [9.17, 15) is 9.59 Å². The van der Waals surface area contributed by atoms with Crippen molar-refractivity contribution in [1.82, 2.24) is 4.98 Å². The average molecular weight is 501 g/mol. The Morgan fingerprint density at radius 1 is 0.806 bits per heavy atom. The second-order valence-corrected chi connectivity index (χ2v) is 9.42. The molecule has 0 unspecified atom stereocenters. The van der Waals surface area contributed by atoms with Crippen LogP contribution in [-0.4, -0.2) is 30.9 Å². The maximum absolute atomic E-state index is 12.7. The van der Waals surface area contributed by atoms with E-state index in [2.05, 4.69) is 5.32 Å². The molecule has 7 heteroatoms. The van der Waals surface area contributed by atoms with Crippen molar-refractivity contribution in [2.45, 2.75) is 26.7 Å². The van der Waals surface area contributed by atoms with E-state index in [1.807, 2.05) is 80.6 Å². The third kappa shape index (κ3) is 5.80. The molecular formula is C29H28N2O4S. The van der Waals surface area contributed by atoms with E-state index < -0.39 is 0 Å². The molecule has 0 saturated heterocycles. The zero-order chi connectivity index (χ0) is 25.7. The van der Waals surface area contributed by atoms with Gasteiger partial charge in [-0.05, 0) is 85.1 Å². The number of amides is 1. The van der Waals surface area contributed by atoms with Crippen molar-refractivity contribution in [2.24, 2.45) is 0 Å². The van der Waals surface area contributed by atoms with Crippen LogP contribution in [0, 0.1) is 13.8 Å². The van der Waals surface area contributed by atoms with Crippen LogP contribution in [-0.2, 0) is 4.79 Å². The minimum atomic E-state index is -0.247. The van der Waals surface area contributed by atoms with Crippen molar-refractivity contribution in [3.63, 3.8) is 0 Å². The Bertz CT molecular complexity index is 1310. The highest BCUT2D eigenvalue weighted by Crippen LogP contribution is 2.40. The van der Waals surface area contributed by atoms with Crippen molar-refractivity contribution in [3.8, 4) is 33.2 Å². The van der Waals surface area contributed by atoms with Gasteiger partial charge in [0.25, 0.3) is 0 Å². The Hall–Kier alpha value is -3.97. The first kappa shape index (κ1) is 25.1. The first-order chi connectivity index (χ1) is 17.4. The number of anilines is 1. The second-order valence-electron chi connectivity index (χ2n) is 8.42. The number of ketones is 1. The molecule has 0 saturated carbocycles. The fourth-order valence-corrected chi connectivity index (χ4v) is 4.73. The normalized spacial score (nSPS) is 10.7. The molecule has 3 aromatic carbocycles. The maximum Gasteiger partial charge on any atom is 0.226 e. The summed E-state index contributed by atoms with van der Waals surface area (Å²) in [4.78, 5) is 30.9. The summed E-state index contributed by atoms with van der Waals surface area (Å²) >= 11 is 1.39. The lowest BCUT2D eigenvalue weighted by Gasteiger charge is -2.05. The monoisotopic (exact) mass is 500 g/mol. The lowest BCUT2D eigenvalue weighted by atomic mass is 10.0.